The molecule has 0 aliphatic carbocycles. The summed E-state index contributed by atoms with van der Waals surface area (Å²) in [7, 11) is -3.01. The fourth-order valence-electron chi connectivity index (χ4n) is 2.17. The van der Waals surface area contributed by atoms with Gasteiger partial charge >= 0.3 is 0 Å². The number of sulfone groups is 1. The van der Waals surface area contributed by atoms with Gasteiger partial charge in [0.25, 0.3) is 0 Å². The van der Waals surface area contributed by atoms with Crippen molar-refractivity contribution in [3.63, 3.8) is 0 Å². The molecule has 2 atom stereocenters. The Bertz CT molecular complexity index is 298. The zero-order valence-electron chi connectivity index (χ0n) is 8.02. The molecule has 2 aliphatic rings. The highest BCUT2D eigenvalue weighted by Gasteiger charge is 2.39. The lowest BCUT2D eigenvalue weighted by atomic mass is 10.1. The molecule has 2 heterocycles. The largest absolute Gasteiger partial charge is 0.390 e. The molecule has 0 aromatic rings. The first-order chi connectivity index (χ1) is 6.58. The summed E-state index contributed by atoms with van der Waals surface area (Å²) >= 11 is 0. The Morgan fingerprint density at radius 2 is 1.86 bits per heavy atom. The molecule has 0 radical (unpaired) electrons. The van der Waals surface area contributed by atoms with Crippen LogP contribution in [0.1, 0.15) is 0 Å². The SMILES string of the molecule is O=S1(=O)C[C@@H](O)[C@H](N2CCNCC2)C1. The van der Waals surface area contributed by atoms with Gasteiger partial charge in [-0.15, -0.1) is 0 Å². The molecule has 14 heavy (non-hydrogen) atoms. The van der Waals surface area contributed by atoms with Crippen LogP contribution in [0, 0.1) is 0 Å². The Hall–Kier alpha value is -0.170. The van der Waals surface area contributed by atoms with E-state index >= 15 is 0 Å². The Labute approximate surface area is 84.0 Å². The van der Waals surface area contributed by atoms with E-state index in [2.05, 4.69) is 10.2 Å². The van der Waals surface area contributed by atoms with Crippen LogP contribution < -0.4 is 5.32 Å². The summed E-state index contributed by atoms with van der Waals surface area (Å²) in [5.41, 5.74) is 0. The number of nitrogens with one attached hydrogen (secondary N) is 1. The van der Waals surface area contributed by atoms with E-state index in [0.717, 1.165) is 26.2 Å². The molecule has 0 amide bonds. The van der Waals surface area contributed by atoms with Crippen molar-refractivity contribution < 1.29 is 13.5 Å². The molecule has 2 saturated heterocycles. The molecule has 0 bridgehead atoms. The van der Waals surface area contributed by atoms with Crippen molar-refractivity contribution in [2.75, 3.05) is 37.7 Å². The van der Waals surface area contributed by atoms with Crippen molar-refractivity contribution in [1.29, 1.82) is 0 Å². The summed E-state index contributed by atoms with van der Waals surface area (Å²) in [4.78, 5) is 2.08. The maximum atomic E-state index is 11.3. The number of piperazine rings is 1. The minimum absolute atomic E-state index is 0.0679. The smallest absolute Gasteiger partial charge is 0.154 e. The van der Waals surface area contributed by atoms with E-state index in [9.17, 15) is 13.5 Å². The van der Waals surface area contributed by atoms with Crippen LogP contribution in [0.3, 0.4) is 0 Å². The first kappa shape index (κ1) is 10.4. The average molecular weight is 220 g/mol. The molecule has 2 aliphatic heterocycles. The topological polar surface area (TPSA) is 69.6 Å². The van der Waals surface area contributed by atoms with E-state index in [0.29, 0.717) is 0 Å². The van der Waals surface area contributed by atoms with Crippen LogP contribution in [0.4, 0.5) is 0 Å². The fourth-order valence-corrected chi connectivity index (χ4v) is 4.00. The lowest BCUT2D eigenvalue weighted by molar-refractivity contribution is 0.0751. The summed E-state index contributed by atoms with van der Waals surface area (Å²) in [6.45, 7) is 3.42. The molecule has 0 unspecified atom stereocenters. The molecule has 82 valence electrons. The van der Waals surface area contributed by atoms with Crippen molar-refractivity contribution in [3.05, 3.63) is 0 Å². The number of hydrogen-bond donors (Lipinski definition) is 2. The number of hydrogen-bond acceptors (Lipinski definition) is 5. The van der Waals surface area contributed by atoms with Crippen LogP contribution in [-0.2, 0) is 9.84 Å². The van der Waals surface area contributed by atoms with Gasteiger partial charge in [0.2, 0.25) is 0 Å². The second kappa shape index (κ2) is 3.77. The predicted molar refractivity (Wildman–Crippen MR) is 52.9 cm³/mol. The zero-order valence-corrected chi connectivity index (χ0v) is 8.83. The Morgan fingerprint density at radius 1 is 1.21 bits per heavy atom. The number of nitrogens with zero attached hydrogens (tertiary/aromatic N) is 1. The first-order valence-electron chi connectivity index (χ1n) is 4.92. The third-order valence-corrected chi connectivity index (χ3v) is 4.61. The van der Waals surface area contributed by atoms with Crippen molar-refractivity contribution in [1.82, 2.24) is 10.2 Å². The van der Waals surface area contributed by atoms with Crippen LogP contribution in [0.15, 0.2) is 0 Å². The molecular weight excluding hydrogens is 204 g/mol. The van der Waals surface area contributed by atoms with E-state index in [4.69, 9.17) is 0 Å². The van der Waals surface area contributed by atoms with Gasteiger partial charge in [0, 0.05) is 26.2 Å². The van der Waals surface area contributed by atoms with Gasteiger partial charge in [-0.25, -0.2) is 8.42 Å². The quantitative estimate of drug-likeness (QED) is 0.537. The van der Waals surface area contributed by atoms with Crippen LogP contribution in [0.2, 0.25) is 0 Å². The lowest BCUT2D eigenvalue weighted by Crippen LogP contribution is -2.52. The van der Waals surface area contributed by atoms with Gasteiger partial charge in [0.05, 0.1) is 23.7 Å². The van der Waals surface area contributed by atoms with Crippen LogP contribution >= 0.6 is 0 Å². The van der Waals surface area contributed by atoms with Gasteiger partial charge in [-0.05, 0) is 0 Å². The van der Waals surface area contributed by atoms with E-state index in [1.54, 1.807) is 0 Å². The maximum Gasteiger partial charge on any atom is 0.154 e. The lowest BCUT2D eigenvalue weighted by Gasteiger charge is -2.33. The fraction of sp³-hybridized carbons (Fsp3) is 1.00. The molecule has 5 nitrogen and oxygen atoms in total. The summed E-state index contributed by atoms with van der Waals surface area (Å²) in [5.74, 6) is 0.0514. The predicted octanol–water partition coefficient (Wildman–Crippen LogP) is -1.95. The van der Waals surface area contributed by atoms with Crippen molar-refractivity contribution in [2.24, 2.45) is 0 Å². The molecule has 0 aromatic carbocycles. The van der Waals surface area contributed by atoms with E-state index in [-0.39, 0.29) is 17.5 Å². The van der Waals surface area contributed by atoms with Crippen LogP contribution in [-0.4, -0.2) is 68.3 Å². The van der Waals surface area contributed by atoms with Crippen molar-refractivity contribution in [2.45, 2.75) is 12.1 Å². The van der Waals surface area contributed by atoms with Gasteiger partial charge < -0.3 is 10.4 Å². The van der Waals surface area contributed by atoms with E-state index in [1.807, 2.05) is 0 Å². The Kier molecular flexibility index (Phi) is 2.79. The molecule has 0 saturated carbocycles. The second-order valence-corrected chi connectivity index (χ2v) is 6.15. The van der Waals surface area contributed by atoms with Crippen molar-refractivity contribution in [3.8, 4) is 0 Å². The minimum Gasteiger partial charge on any atom is -0.390 e. The highest BCUT2D eigenvalue weighted by Crippen LogP contribution is 2.18. The monoisotopic (exact) mass is 220 g/mol. The number of rotatable bonds is 1. The van der Waals surface area contributed by atoms with E-state index < -0.39 is 15.9 Å². The standard InChI is InChI=1S/C8H16N2O3S/c11-8-6-14(12,13)5-7(8)10-3-1-9-2-4-10/h7-9,11H,1-6H2/t7-,8-/m1/s1. The molecular formula is C8H16N2O3S. The van der Waals surface area contributed by atoms with Gasteiger partial charge in [0.1, 0.15) is 0 Å². The highest BCUT2D eigenvalue weighted by atomic mass is 32.2. The summed E-state index contributed by atoms with van der Waals surface area (Å²) in [6.07, 6.45) is -0.696. The van der Waals surface area contributed by atoms with Gasteiger partial charge in [-0.1, -0.05) is 0 Å². The third kappa shape index (κ3) is 2.08. The second-order valence-electron chi connectivity index (χ2n) is 4.00. The molecule has 2 fully saturated rings. The molecule has 0 aromatic heterocycles. The summed E-state index contributed by atoms with van der Waals surface area (Å²) in [6, 6.07) is -0.179. The Morgan fingerprint density at radius 3 is 2.36 bits per heavy atom. The highest BCUT2D eigenvalue weighted by molar-refractivity contribution is 7.91. The van der Waals surface area contributed by atoms with Gasteiger partial charge in [0.15, 0.2) is 9.84 Å². The summed E-state index contributed by atoms with van der Waals surface area (Å²) < 4.78 is 22.6. The minimum atomic E-state index is -3.01. The molecule has 0 spiro atoms. The molecule has 6 heteroatoms. The zero-order chi connectivity index (χ0) is 10.2. The molecule has 2 N–H and O–H groups in total. The third-order valence-electron chi connectivity index (χ3n) is 2.91. The number of aliphatic hydroxyl groups excluding tert-OH is 1. The summed E-state index contributed by atoms with van der Waals surface area (Å²) in [5, 5.41) is 12.8. The normalized spacial score (nSPS) is 38.6. The first-order valence-corrected chi connectivity index (χ1v) is 6.74. The van der Waals surface area contributed by atoms with Gasteiger partial charge in [-0.3, -0.25) is 4.90 Å². The molecule has 2 rings (SSSR count). The van der Waals surface area contributed by atoms with E-state index in [1.165, 1.54) is 0 Å². The average Bonchev–Trinajstić information content (AvgIpc) is 2.41. The van der Waals surface area contributed by atoms with Gasteiger partial charge in [-0.2, -0.15) is 0 Å². The Balaban J connectivity index is 2.04. The van der Waals surface area contributed by atoms with Crippen LogP contribution in [0.25, 0.3) is 0 Å². The number of aliphatic hydroxyl groups is 1. The maximum absolute atomic E-state index is 11.3. The van der Waals surface area contributed by atoms with Crippen molar-refractivity contribution >= 4 is 9.84 Å². The van der Waals surface area contributed by atoms with Crippen LogP contribution in [0.5, 0.6) is 0 Å².